The Morgan fingerprint density at radius 2 is 1.77 bits per heavy atom. The van der Waals surface area contributed by atoms with E-state index in [1.165, 1.54) is 5.56 Å². The lowest BCUT2D eigenvalue weighted by atomic mass is 10.3. The zero-order valence-electron chi connectivity index (χ0n) is 8.00. The van der Waals surface area contributed by atoms with Crippen LogP contribution in [0.4, 0.5) is 0 Å². The molecule has 0 amide bonds. The average Bonchev–Trinajstić information content (AvgIpc) is 2.31. The van der Waals surface area contributed by atoms with Crippen LogP contribution in [0.3, 0.4) is 0 Å². The van der Waals surface area contributed by atoms with Crippen molar-refractivity contribution >= 4 is 20.6 Å². The monoisotopic (exact) mass is 193 g/mol. The second-order valence-electron chi connectivity index (χ2n) is 3.29. The van der Waals surface area contributed by atoms with Crippen LogP contribution in [0.25, 0.3) is 11.2 Å². The summed E-state index contributed by atoms with van der Waals surface area (Å²) in [7, 11) is 2.62. The van der Waals surface area contributed by atoms with Gasteiger partial charge in [0.25, 0.3) is 0 Å². The van der Waals surface area contributed by atoms with Crippen LogP contribution in [0, 0.1) is 20.8 Å². The van der Waals surface area contributed by atoms with E-state index in [4.69, 9.17) is 0 Å². The second kappa shape index (κ2) is 2.78. The van der Waals surface area contributed by atoms with Gasteiger partial charge >= 0.3 is 0 Å². The molecule has 0 aromatic carbocycles. The summed E-state index contributed by atoms with van der Waals surface area (Å²) in [5.41, 5.74) is 5.10. The Labute approximate surface area is 79.5 Å². The molecule has 2 rings (SSSR count). The van der Waals surface area contributed by atoms with Crippen LogP contribution in [0.1, 0.15) is 17.0 Å². The number of hydrogen-bond donors (Lipinski definition) is 0. The van der Waals surface area contributed by atoms with Crippen molar-refractivity contribution in [2.45, 2.75) is 20.8 Å². The van der Waals surface area contributed by atoms with Crippen LogP contribution in [0.15, 0.2) is 6.20 Å². The Bertz CT molecular complexity index is 431. The minimum absolute atomic E-state index is 0.936. The number of rotatable bonds is 0. The van der Waals surface area contributed by atoms with E-state index >= 15 is 0 Å². The molecule has 2 heterocycles. The molecule has 0 aliphatic carbocycles. The van der Waals surface area contributed by atoms with E-state index in [0.717, 1.165) is 22.6 Å². The van der Waals surface area contributed by atoms with Gasteiger partial charge in [-0.1, -0.05) is 0 Å². The minimum atomic E-state index is 0.936. The summed E-state index contributed by atoms with van der Waals surface area (Å²) in [6, 6.07) is 0. The minimum Gasteiger partial charge on any atom is -0.315 e. The lowest BCUT2D eigenvalue weighted by molar-refractivity contribution is 1.08. The first-order valence-corrected chi connectivity index (χ1v) is 4.69. The largest absolute Gasteiger partial charge is 0.315 e. The zero-order chi connectivity index (χ0) is 9.59. The molecule has 13 heavy (non-hydrogen) atoms. The van der Waals surface area contributed by atoms with Gasteiger partial charge in [0, 0.05) is 6.20 Å². The zero-order valence-corrected chi connectivity index (χ0v) is 9.15. The van der Waals surface area contributed by atoms with Crippen molar-refractivity contribution in [1.82, 2.24) is 14.3 Å². The molecule has 68 valence electrons. The van der Waals surface area contributed by atoms with Crippen LogP contribution in [-0.4, -0.2) is 14.3 Å². The third kappa shape index (κ3) is 1.24. The predicted molar refractivity (Wildman–Crippen MR) is 56.8 cm³/mol. The normalized spacial score (nSPS) is 11.1. The molecular formula is C9H12N3P. The lowest BCUT2D eigenvalue weighted by Crippen LogP contribution is -1.93. The van der Waals surface area contributed by atoms with Crippen molar-refractivity contribution in [2.75, 3.05) is 0 Å². The van der Waals surface area contributed by atoms with Gasteiger partial charge in [-0.3, -0.25) is 0 Å². The van der Waals surface area contributed by atoms with Gasteiger partial charge in [0.15, 0.2) is 5.65 Å². The van der Waals surface area contributed by atoms with Crippen LogP contribution in [-0.2, 0) is 0 Å². The fourth-order valence-corrected chi connectivity index (χ4v) is 1.77. The molecule has 0 fully saturated rings. The van der Waals surface area contributed by atoms with Gasteiger partial charge in [0.05, 0.1) is 11.4 Å². The molecule has 0 aliphatic heterocycles. The third-order valence-electron chi connectivity index (χ3n) is 2.24. The van der Waals surface area contributed by atoms with E-state index in [2.05, 4.69) is 19.4 Å². The van der Waals surface area contributed by atoms with Crippen molar-refractivity contribution < 1.29 is 0 Å². The van der Waals surface area contributed by atoms with Gasteiger partial charge in [-0.2, -0.15) is 0 Å². The van der Waals surface area contributed by atoms with E-state index in [9.17, 15) is 0 Å². The summed E-state index contributed by atoms with van der Waals surface area (Å²) < 4.78 is 1.93. The van der Waals surface area contributed by atoms with E-state index in [-0.39, 0.29) is 0 Å². The number of aryl methyl sites for hydroxylation is 3. The van der Waals surface area contributed by atoms with E-state index in [1.807, 2.05) is 31.3 Å². The summed E-state index contributed by atoms with van der Waals surface area (Å²) in [5, 5.41) is 0. The Hall–Kier alpha value is -0.950. The lowest BCUT2D eigenvalue weighted by Gasteiger charge is -1.99. The molecule has 0 spiro atoms. The van der Waals surface area contributed by atoms with Crippen LogP contribution >= 0.6 is 9.39 Å². The van der Waals surface area contributed by atoms with Crippen LogP contribution in [0.5, 0.6) is 0 Å². The Kier molecular flexibility index (Phi) is 1.85. The van der Waals surface area contributed by atoms with Gasteiger partial charge < -0.3 is 4.34 Å². The smallest absolute Gasteiger partial charge is 0.162 e. The van der Waals surface area contributed by atoms with Crippen molar-refractivity contribution in [2.24, 2.45) is 0 Å². The molecule has 0 radical (unpaired) electrons. The van der Waals surface area contributed by atoms with E-state index < -0.39 is 0 Å². The first-order chi connectivity index (χ1) is 6.09. The standard InChI is InChI=1S/C9H12N3P/c1-5-4-12(13)9-8(5)10-6(2)7(3)11-9/h4H,13H2,1-3H3. The predicted octanol–water partition coefficient (Wildman–Crippen LogP) is 1.99. The molecule has 2 aromatic rings. The summed E-state index contributed by atoms with van der Waals surface area (Å²) in [6.07, 6.45) is 2.02. The van der Waals surface area contributed by atoms with Crippen LogP contribution < -0.4 is 0 Å². The maximum Gasteiger partial charge on any atom is 0.162 e. The fraction of sp³-hybridized carbons (Fsp3) is 0.333. The maximum absolute atomic E-state index is 4.50. The average molecular weight is 193 g/mol. The SMILES string of the molecule is Cc1nc2c(C)cn(P)c2nc1C. The summed E-state index contributed by atoms with van der Waals surface area (Å²) in [6.45, 7) is 6.02. The molecule has 2 aromatic heterocycles. The molecular weight excluding hydrogens is 181 g/mol. The van der Waals surface area contributed by atoms with Gasteiger partial charge in [-0.05, 0) is 35.7 Å². The highest BCUT2D eigenvalue weighted by molar-refractivity contribution is 7.14. The molecule has 0 saturated heterocycles. The first-order valence-electron chi connectivity index (χ1n) is 4.17. The van der Waals surface area contributed by atoms with Crippen LogP contribution in [0.2, 0.25) is 0 Å². The second-order valence-corrected chi connectivity index (χ2v) is 3.84. The maximum atomic E-state index is 4.50. The third-order valence-corrected chi connectivity index (χ3v) is 2.63. The van der Waals surface area contributed by atoms with Gasteiger partial charge in [0.2, 0.25) is 0 Å². The molecule has 0 bridgehead atoms. The Morgan fingerprint density at radius 1 is 1.15 bits per heavy atom. The molecule has 3 nitrogen and oxygen atoms in total. The topological polar surface area (TPSA) is 30.7 Å². The van der Waals surface area contributed by atoms with Gasteiger partial charge in [0.1, 0.15) is 5.52 Å². The quantitative estimate of drug-likeness (QED) is 0.599. The molecule has 1 unspecified atom stereocenters. The molecule has 0 N–H and O–H groups in total. The van der Waals surface area contributed by atoms with E-state index in [1.54, 1.807) is 0 Å². The number of aromatic nitrogens is 3. The molecule has 0 saturated carbocycles. The van der Waals surface area contributed by atoms with Crippen molar-refractivity contribution in [3.63, 3.8) is 0 Å². The molecule has 1 atom stereocenters. The highest BCUT2D eigenvalue weighted by atomic mass is 31.0. The van der Waals surface area contributed by atoms with E-state index in [0.29, 0.717) is 0 Å². The van der Waals surface area contributed by atoms with Gasteiger partial charge in [-0.25, -0.2) is 9.97 Å². The fourth-order valence-electron chi connectivity index (χ4n) is 1.37. The summed E-state index contributed by atoms with van der Waals surface area (Å²) in [5.74, 6) is 0. The highest BCUT2D eigenvalue weighted by Crippen LogP contribution is 2.19. The van der Waals surface area contributed by atoms with Crippen molar-refractivity contribution in [3.05, 3.63) is 23.1 Å². The Morgan fingerprint density at radius 3 is 2.46 bits per heavy atom. The van der Waals surface area contributed by atoms with Crippen molar-refractivity contribution in [3.8, 4) is 0 Å². The molecule has 4 heteroatoms. The van der Waals surface area contributed by atoms with Crippen molar-refractivity contribution in [1.29, 1.82) is 0 Å². The molecule has 0 aliphatic rings. The Balaban J connectivity index is 2.91. The number of nitrogens with zero attached hydrogens (tertiary/aromatic N) is 3. The number of hydrogen-bond acceptors (Lipinski definition) is 2. The number of fused-ring (bicyclic) bond motifs is 1. The highest BCUT2D eigenvalue weighted by Gasteiger charge is 2.07. The first kappa shape index (κ1) is 8.64. The summed E-state index contributed by atoms with van der Waals surface area (Å²) in [4.78, 5) is 8.97. The van der Waals surface area contributed by atoms with Gasteiger partial charge in [-0.15, -0.1) is 0 Å². The summed E-state index contributed by atoms with van der Waals surface area (Å²) >= 11 is 0.